The van der Waals surface area contributed by atoms with Crippen molar-refractivity contribution in [2.24, 2.45) is 0 Å². The molecule has 0 aliphatic heterocycles. The summed E-state index contributed by atoms with van der Waals surface area (Å²) in [6, 6.07) is 11.8. The van der Waals surface area contributed by atoms with Gasteiger partial charge in [0.05, 0.1) is 5.69 Å². The van der Waals surface area contributed by atoms with Crippen molar-refractivity contribution in [3.05, 3.63) is 42.6 Å². The lowest BCUT2D eigenvalue weighted by molar-refractivity contribution is 1.02. The second-order valence-electron chi connectivity index (χ2n) is 3.56. The molecule has 0 atom stereocenters. The number of hydrogen-bond donors (Lipinski definition) is 3. The van der Waals surface area contributed by atoms with Gasteiger partial charge in [0.25, 0.3) is 0 Å². The van der Waals surface area contributed by atoms with Crippen molar-refractivity contribution in [2.45, 2.75) is 0 Å². The van der Waals surface area contributed by atoms with Gasteiger partial charge in [0.1, 0.15) is 5.82 Å². The van der Waals surface area contributed by atoms with E-state index in [0.717, 1.165) is 11.1 Å². The molecular weight excluding hydrogens is 212 g/mol. The van der Waals surface area contributed by atoms with E-state index in [0.29, 0.717) is 11.5 Å². The van der Waals surface area contributed by atoms with Crippen molar-refractivity contribution in [2.75, 3.05) is 25.6 Å². The number of nitrogens with zero attached hydrogens (tertiary/aromatic N) is 1. The largest absolute Gasteiger partial charge is 0.396 e. The molecule has 0 spiro atoms. The lowest BCUT2D eigenvalue weighted by atomic mass is 10.1. The zero-order valence-electron chi connectivity index (χ0n) is 10.1. The van der Waals surface area contributed by atoms with Gasteiger partial charge in [-0.3, -0.25) is 0 Å². The van der Waals surface area contributed by atoms with E-state index < -0.39 is 0 Å². The molecule has 90 valence electrons. The molecule has 1 aromatic heterocycles. The summed E-state index contributed by atoms with van der Waals surface area (Å²) in [5.41, 5.74) is 13.8. The van der Waals surface area contributed by atoms with E-state index in [2.05, 4.69) is 10.3 Å². The molecule has 0 radical (unpaired) electrons. The highest BCUT2D eigenvalue weighted by Crippen LogP contribution is 2.22. The van der Waals surface area contributed by atoms with Crippen molar-refractivity contribution >= 4 is 11.5 Å². The maximum Gasteiger partial charge on any atom is 0.146 e. The Balaban J connectivity index is 0.000000437. The van der Waals surface area contributed by atoms with E-state index in [-0.39, 0.29) is 0 Å². The Morgan fingerprint density at radius 3 is 2.12 bits per heavy atom. The van der Waals surface area contributed by atoms with Gasteiger partial charge in [-0.15, -0.1) is 0 Å². The van der Waals surface area contributed by atoms with Crippen molar-refractivity contribution in [1.82, 2.24) is 10.3 Å². The first-order valence-corrected chi connectivity index (χ1v) is 5.34. The summed E-state index contributed by atoms with van der Waals surface area (Å²) in [5, 5.41) is 2.75. The second kappa shape index (κ2) is 6.50. The van der Waals surface area contributed by atoms with Gasteiger partial charge in [-0.25, -0.2) is 4.98 Å². The molecule has 2 rings (SSSR count). The molecule has 0 aliphatic rings. The predicted octanol–water partition coefficient (Wildman–Crippen LogP) is 1.75. The van der Waals surface area contributed by atoms with Gasteiger partial charge >= 0.3 is 0 Å². The van der Waals surface area contributed by atoms with Crippen LogP contribution in [0.3, 0.4) is 0 Å². The Labute approximate surface area is 102 Å². The first kappa shape index (κ1) is 13.0. The van der Waals surface area contributed by atoms with Crippen LogP contribution in [-0.2, 0) is 0 Å². The smallest absolute Gasteiger partial charge is 0.146 e. The Hall–Kier alpha value is -2.07. The summed E-state index contributed by atoms with van der Waals surface area (Å²) in [6.07, 6.45) is 1.72. The van der Waals surface area contributed by atoms with E-state index in [4.69, 9.17) is 11.5 Å². The van der Waals surface area contributed by atoms with E-state index in [9.17, 15) is 0 Å². The van der Waals surface area contributed by atoms with E-state index in [1.165, 1.54) is 0 Å². The minimum absolute atomic E-state index is 0.379. The average Bonchev–Trinajstić information content (AvgIpc) is 2.35. The topological polar surface area (TPSA) is 77.0 Å². The predicted molar refractivity (Wildman–Crippen MR) is 73.5 cm³/mol. The molecule has 0 amide bonds. The monoisotopic (exact) mass is 230 g/mol. The van der Waals surface area contributed by atoms with E-state index in [1.807, 2.05) is 50.5 Å². The van der Waals surface area contributed by atoms with E-state index in [1.54, 1.807) is 6.20 Å². The highest BCUT2D eigenvalue weighted by atomic mass is 14.9. The molecule has 0 saturated heterocycles. The van der Waals surface area contributed by atoms with Gasteiger partial charge in [-0.2, -0.15) is 0 Å². The van der Waals surface area contributed by atoms with Crippen LogP contribution in [0, 0.1) is 0 Å². The third-order valence-corrected chi connectivity index (χ3v) is 2.06. The Kier molecular flexibility index (Phi) is 4.97. The molecule has 17 heavy (non-hydrogen) atoms. The zero-order valence-corrected chi connectivity index (χ0v) is 10.1. The van der Waals surface area contributed by atoms with E-state index >= 15 is 0 Å². The SMILES string of the molecule is CNC.Nc1cc(-c2ccccc2)cnc1N. The average molecular weight is 230 g/mol. The summed E-state index contributed by atoms with van der Waals surface area (Å²) < 4.78 is 0. The van der Waals surface area contributed by atoms with Crippen LogP contribution in [0.25, 0.3) is 11.1 Å². The van der Waals surface area contributed by atoms with Crippen LogP contribution in [0.2, 0.25) is 0 Å². The molecule has 4 heteroatoms. The van der Waals surface area contributed by atoms with Gasteiger partial charge < -0.3 is 16.8 Å². The first-order valence-electron chi connectivity index (χ1n) is 5.34. The van der Waals surface area contributed by atoms with Gasteiger partial charge in [0.2, 0.25) is 0 Å². The Morgan fingerprint density at radius 2 is 1.59 bits per heavy atom. The summed E-state index contributed by atoms with van der Waals surface area (Å²) in [7, 11) is 3.75. The molecule has 0 aliphatic carbocycles. The number of pyridine rings is 1. The fourth-order valence-corrected chi connectivity index (χ4v) is 1.28. The normalized spacial score (nSPS) is 9.29. The second-order valence-corrected chi connectivity index (χ2v) is 3.56. The van der Waals surface area contributed by atoms with Crippen LogP contribution >= 0.6 is 0 Å². The molecule has 4 nitrogen and oxygen atoms in total. The maximum absolute atomic E-state index is 5.67. The molecule has 0 unspecified atom stereocenters. The number of nitrogens with two attached hydrogens (primary N) is 2. The molecular formula is C13H18N4. The van der Waals surface area contributed by atoms with Crippen LogP contribution < -0.4 is 16.8 Å². The number of nitrogen functional groups attached to an aromatic ring is 2. The highest BCUT2D eigenvalue weighted by Gasteiger charge is 2.00. The number of benzene rings is 1. The minimum atomic E-state index is 0.379. The fourth-order valence-electron chi connectivity index (χ4n) is 1.28. The van der Waals surface area contributed by atoms with Gasteiger partial charge in [0, 0.05) is 11.8 Å². The van der Waals surface area contributed by atoms with Crippen molar-refractivity contribution in [3.63, 3.8) is 0 Å². The number of nitrogens with one attached hydrogen (secondary N) is 1. The third-order valence-electron chi connectivity index (χ3n) is 2.06. The molecule has 5 N–H and O–H groups in total. The molecule has 0 saturated carbocycles. The maximum atomic E-state index is 5.67. The lowest BCUT2D eigenvalue weighted by Gasteiger charge is -2.03. The van der Waals surface area contributed by atoms with Crippen LogP contribution in [0.4, 0.5) is 11.5 Å². The molecule has 1 heterocycles. The minimum Gasteiger partial charge on any atom is -0.396 e. The highest BCUT2D eigenvalue weighted by molar-refractivity contribution is 5.71. The molecule has 2 aromatic rings. The van der Waals surface area contributed by atoms with Crippen LogP contribution in [-0.4, -0.2) is 19.1 Å². The summed E-state index contributed by atoms with van der Waals surface area (Å²) in [4.78, 5) is 4.01. The number of rotatable bonds is 1. The van der Waals surface area contributed by atoms with Crippen molar-refractivity contribution < 1.29 is 0 Å². The van der Waals surface area contributed by atoms with Crippen molar-refractivity contribution in [3.8, 4) is 11.1 Å². The molecule has 1 aromatic carbocycles. The van der Waals surface area contributed by atoms with Crippen LogP contribution in [0.5, 0.6) is 0 Å². The summed E-state index contributed by atoms with van der Waals surface area (Å²) >= 11 is 0. The zero-order chi connectivity index (χ0) is 12.7. The molecule has 0 fully saturated rings. The van der Waals surface area contributed by atoms with Gasteiger partial charge in [0.15, 0.2) is 0 Å². The number of aromatic nitrogens is 1. The number of hydrogen-bond acceptors (Lipinski definition) is 4. The Morgan fingerprint density at radius 1 is 1.00 bits per heavy atom. The first-order chi connectivity index (χ1) is 8.19. The quantitative estimate of drug-likeness (QED) is 0.697. The van der Waals surface area contributed by atoms with Crippen molar-refractivity contribution in [1.29, 1.82) is 0 Å². The Bertz CT molecular complexity index is 454. The van der Waals surface area contributed by atoms with Gasteiger partial charge in [-0.05, 0) is 25.7 Å². The molecule has 0 bridgehead atoms. The summed E-state index contributed by atoms with van der Waals surface area (Å²) in [6.45, 7) is 0. The van der Waals surface area contributed by atoms with Gasteiger partial charge in [-0.1, -0.05) is 30.3 Å². The van der Waals surface area contributed by atoms with Crippen LogP contribution in [0.15, 0.2) is 42.6 Å². The lowest BCUT2D eigenvalue weighted by Crippen LogP contribution is -1.97. The fraction of sp³-hybridized carbons (Fsp3) is 0.154. The van der Waals surface area contributed by atoms with Crippen LogP contribution in [0.1, 0.15) is 0 Å². The summed E-state index contributed by atoms with van der Waals surface area (Å²) in [5.74, 6) is 0.379. The standard InChI is InChI=1S/C11H11N3.C2H7N/c12-10-6-9(7-14-11(10)13)8-4-2-1-3-5-8;1-3-2/h1-7H,12H2,(H2,13,14);3H,1-2H3. The third kappa shape index (κ3) is 3.77. The number of anilines is 2.